The third-order valence-corrected chi connectivity index (χ3v) is 3.60. The highest BCUT2D eigenvalue weighted by Gasteiger charge is 2.12. The molecule has 2 rings (SSSR count). The average Bonchev–Trinajstić information content (AvgIpc) is 2.98. The van der Waals surface area contributed by atoms with Gasteiger partial charge >= 0.3 is 5.97 Å². The third kappa shape index (κ3) is 5.09. The Hall–Kier alpha value is -2.37. The molecule has 6 nitrogen and oxygen atoms in total. The molecule has 124 valence electrons. The van der Waals surface area contributed by atoms with Crippen LogP contribution in [0.1, 0.15) is 39.0 Å². The van der Waals surface area contributed by atoms with Crippen LogP contribution in [-0.2, 0) is 20.7 Å². The molecule has 0 aliphatic heterocycles. The van der Waals surface area contributed by atoms with Crippen molar-refractivity contribution in [2.24, 2.45) is 0 Å². The summed E-state index contributed by atoms with van der Waals surface area (Å²) >= 11 is 0. The van der Waals surface area contributed by atoms with E-state index >= 15 is 0 Å². The summed E-state index contributed by atoms with van der Waals surface area (Å²) in [7, 11) is 0. The number of esters is 1. The Morgan fingerprint density at radius 2 is 2.00 bits per heavy atom. The van der Waals surface area contributed by atoms with Crippen molar-refractivity contribution in [3.05, 3.63) is 30.2 Å². The van der Waals surface area contributed by atoms with Crippen LogP contribution < -0.4 is 5.32 Å². The molecule has 0 saturated carbocycles. The molecule has 0 atom stereocenters. The molecule has 0 saturated heterocycles. The molecule has 1 aromatic heterocycles. The lowest BCUT2D eigenvalue weighted by atomic mass is 10.2. The van der Waals surface area contributed by atoms with Gasteiger partial charge < -0.3 is 14.5 Å². The molecule has 0 spiro atoms. The molecule has 0 radical (unpaired) electrons. The topological polar surface area (TPSA) is 81.4 Å². The third-order valence-electron chi connectivity index (χ3n) is 3.60. The van der Waals surface area contributed by atoms with Gasteiger partial charge in [-0.1, -0.05) is 26.0 Å². The van der Waals surface area contributed by atoms with Crippen LogP contribution in [0.15, 0.2) is 28.7 Å². The number of rotatable bonds is 8. The Kier molecular flexibility index (Phi) is 6.14. The van der Waals surface area contributed by atoms with E-state index in [0.717, 1.165) is 18.4 Å². The summed E-state index contributed by atoms with van der Waals surface area (Å²) in [6.07, 6.45) is 2.19. The predicted molar refractivity (Wildman–Crippen MR) is 85.8 cm³/mol. The monoisotopic (exact) mass is 318 g/mol. The highest BCUT2D eigenvalue weighted by Crippen LogP contribution is 2.15. The van der Waals surface area contributed by atoms with E-state index in [9.17, 15) is 9.59 Å². The second kappa shape index (κ2) is 8.31. The minimum Gasteiger partial charge on any atom is -0.456 e. The molecule has 1 amide bonds. The van der Waals surface area contributed by atoms with E-state index in [0.29, 0.717) is 17.9 Å². The van der Waals surface area contributed by atoms with E-state index in [1.807, 2.05) is 38.1 Å². The fraction of sp³-hybridized carbons (Fsp3) is 0.471. The van der Waals surface area contributed by atoms with Gasteiger partial charge in [0.25, 0.3) is 5.91 Å². The Bertz CT molecular complexity index is 628. The lowest BCUT2D eigenvalue weighted by Crippen LogP contribution is -2.36. The fourth-order valence-corrected chi connectivity index (χ4v) is 2.22. The highest BCUT2D eigenvalue weighted by molar-refractivity contribution is 5.80. The van der Waals surface area contributed by atoms with Crippen LogP contribution in [0.5, 0.6) is 0 Å². The van der Waals surface area contributed by atoms with Crippen molar-refractivity contribution >= 4 is 23.0 Å². The maximum atomic E-state index is 11.7. The minimum atomic E-state index is -0.438. The Labute approximate surface area is 135 Å². The predicted octanol–water partition coefficient (Wildman–Crippen LogP) is 2.61. The number of fused-ring (bicyclic) bond motifs is 1. The van der Waals surface area contributed by atoms with Crippen molar-refractivity contribution in [1.29, 1.82) is 0 Å². The largest absolute Gasteiger partial charge is 0.456 e. The van der Waals surface area contributed by atoms with Crippen molar-refractivity contribution in [2.45, 2.75) is 45.6 Å². The van der Waals surface area contributed by atoms with Gasteiger partial charge in [0.1, 0.15) is 5.52 Å². The van der Waals surface area contributed by atoms with E-state index < -0.39 is 5.97 Å². The van der Waals surface area contributed by atoms with Crippen molar-refractivity contribution in [3.8, 4) is 0 Å². The SMILES string of the molecule is CCC(CC)NC(=O)COC(=O)CCc1nc2ccccc2o1. The van der Waals surface area contributed by atoms with E-state index in [2.05, 4.69) is 10.3 Å². The molecular formula is C17H22N2O4. The Morgan fingerprint density at radius 3 is 2.70 bits per heavy atom. The molecular weight excluding hydrogens is 296 g/mol. The number of oxazole rings is 1. The quantitative estimate of drug-likeness (QED) is 0.757. The number of carbonyl (C=O) groups is 2. The molecule has 0 aliphatic carbocycles. The molecule has 0 unspecified atom stereocenters. The van der Waals surface area contributed by atoms with Gasteiger partial charge in [-0.15, -0.1) is 0 Å². The van der Waals surface area contributed by atoms with E-state index in [1.165, 1.54) is 0 Å². The number of carbonyl (C=O) groups excluding carboxylic acids is 2. The molecule has 6 heteroatoms. The summed E-state index contributed by atoms with van der Waals surface area (Å²) in [5.74, 6) is -0.217. The van der Waals surface area contributed by atoms with Crippen LogP contribution in [0.3, 0.4) is 0 Å². The number of nitrogens with one attached hydrogen (secondary N) is 1. The van der Waals surface area contributed by atoms with E-state index in [1.54, 1.807) is 0 Å². The average molecular weight is 318 g/mol. The van der Waals surface area contributed by atoms with Gasteiger partial charge in [-0.05, 0) is 25.0 Å². The molecule has 1 N–H and O–H groups in total. The first-order valence-corrected chi connectivity index (χ1v) is 7.91. The summed E-state index contributed by atoms with van der Waals surface area (Å²) < 4.78 is 10.5. The minimum absolute atomic E-state index is 0.126. The number of benzene rings is 1. The van der Waals surface area contributed by atoms with Crippen LogP contribution in [-0.4, -0.2) is 29.5 Å². The second-order valence-electron chi connectivity index (χ2n) is 5.32. The van der Waals surface area contributed by atoms with Gasteiger partial charge in [-0.25, -0.2) is 4.98 Å². The first-order chi connectivity index (χ1) is 11.1. The molecule has 0 aliphatic rings. The van der Waals surface area contributed by atoms with Crippen molar-refractivity contribution in [2.75, 3.05) is 6.61 Å². The van der Waals surface area contributed by atoms with Gasteiger partial charge in [0, 0.05) is 12.5 Å². The standard InChI is InChI=1S/C17H22N2O4/c1-3-12(4-2)18-15(20)11-22-17(21)10-9-16-19-13-7-5-6-8-14(13)23-16/h5-8,12H,3-4,9-11H2,1-2H3,(H,18,20). The normalized spacial score (nSPS) is 10.9. The summed E-state index contributed by atoms with van der Waals surface area (Å²) in [5, 5.41) is 2.82. The fourth-order valence-electron chi connectivity index (χ4n) is 2.22. The number of hydrogen-bond donors (Lipinski definition) is 1. The van der Waals surface area contributed by atoms with E-state index in [4.69, 9.17) is 9.15 Å². The van der Waals surface area contributed by atoms with Crippen LogP contribution in [0.4, 0.5) is 0 Å². The summed E-state index contributed by atoms with van der Waals surface area (Å²) in [6.45, 7) is 3.75. The zero-order chi connectivity index (χ0) is 16.7. The zero-order valence-electron chi connectivity index (χ0n) is 13.5. The molecule has 1 aromatic carbocycles. The number of aryl methyl sites for hydroxylation is 1. The number of para-hydroxylation sites is 2. The Balaban J connectivity index is 1.73. The molecule has 0 fully saturated rings. The second-order valence-corrected chi connectivity index (χ2v) is 5.32. The maximum absolute atomic E-state index is 11.7. The lowest BCUT2D eigenvalue weighted by Gasteiger charge is -2.14. The maximum Gasteiger partial charge on any atom is 0.306 e. The van der Waals surface area contributed by atoms with Gasteiger partial charge in [-0.2, -0.15) is 0 Å². The first kappa shape index (κ1) is 17.0. The first-order valence-electron chi connectivity index (χ1n) is 7.91. The van der Waals surface area contributed by atoms with E-state index in [-0.39, 0.29) is 25.0 Å². The highest BCUT2D eigenvalue weighted by atomic mass is 16.5. The summed E-state index contributed by atoms with van der Waals surface area (Å²) in [6, 6.07) is 7.54. The summed E-state index contributed by atoms with van der Waals surface area (Å²) in [4.78, 5) is 27.6. The summed E-state index contributed by atoms with van der Waals surface area (Å²) in [5.41, 5.74) is 1.46. The van der Waals surface area contributed by atoms with Crippen molar-refractivity contribution in [3.63, 3.8) is 0 Å². The molecule has 2 aromatic rings. The Morgan fingerprint density at radius 1 is 1.26 bits per heavy atom. The van der Waals surface area contributed by atoms with Crippen molar-refractivity contribution < 1.29 is 18.7 Å². The number of amides is 1. The van der Waals surface area contributed by atoms with Gasteiger partial charge in [0.2, 0.25) is 0 Å². The number of ether oxygens (including phenoxy) is 1. The van der Waals surface area contributed by atoms with Gasteiger partial charge in [0.05, 0.1) is 6.42 Å². The van der Waals surface area contributed by atoms with Crippen LogP contribution >= 0.6 is 0 Å². The van der Waals surface area contributed by atoms with Gasteiger partial charge in [-0.3, -0.25) is 9.59 Å². The number of hydrogen-bond acceptors (Lipinski definition) is 5. The lowest BCUT2D eigenvalue weighted by molar-refractivity contribution is -0.148. The smallest absolute Gasteiger partial charge is 0.306 e. The molecule has 23 heavy (non-hydrogen) atoms. The number of aromatic nitrogens is 1. The van der Waals surface area contributed by atoms with Crippen LogP contribution in [0.2, 0.25) is 0 Å². The van der Waals surface area contributed by atoms with Crippen LogP contribution in [0, 0.1) is 0 Å². The molecule has 1 heterocycles. The van der Waals surface area contributed by atoms with Crippen molar-refractivity contribution in [1.82, 2.24) is 10.3 Å². The molecule has 0 bridgehead atoms. The van der Waals surface area contributed by atoms with Crippen LogP contribution in [0.25, 0.3) is 11.1 Å². The zero-order valence-corrected chi connectivity index (χ0v) is 13.5. The number of nitrogens with zero attached hydrogens (tertiary/aromatic N) is 1. The van der Waals surface area contributed by atoms with Gasteiger partial charge in [0.15, 0.2) is 18.1 Å².